The maximum absolute atomic E-state index is 12.7. The summed E-state index contributed by atoms with van der Waals surface area (Å²) in [6, 6.07) is 6.87. The van der Waals surface area contributed by atoms with E-state index in [0.29, 0.717) is 30.9 Å². The molecule has 1 heterocycles. The number of hydrogen-bond acceptors (Lipinski definition) is 3. The van der Waals surface area contributed by atoms with Crippen LogP contribution in [0.15, 0.2) is 36.9 Å². The van der Waals surface area contributed by atoms with Crippen LogP contribution in [0.4, 0.5) is 5.69 Å². The van der Waals surface area contributed by atoms with Gasteiger partial charge in [0.2, 0.25) is 11.8 Å². The smallest absolute Gasteiger partial charge is 0.253 e. The minimum Gasteiger partial charge on any atom is -0.352 e. The maximum Gasteiger partial charge on any atom is 0.253 e. The zero-order valence-electron chi connectivity index (χ0n) is 15.5. The van der Waals surface area contributed by atoms with E-state index in [9.17, 15) is 14.4 Å². The molecule has 0 aromatic heterocycles. The second kappa shape index (κ2) is 9.17. The molecule has 1 saturated heterocycles. The summed E-state index contributed by atoms with van der Waals surface area (Å²) in [6.07, 6.45) is 3.23. The lowest BCUT2D eigenvalue weighted by atomic mass is 9.96. The van der Waals surface area contributed by atoms with Crippen LogP contribution in [0.25, 0.3) is 0 Å². The molecular formula is C20H27N3O3. The van der Waals surface area contributed by atoms with Gasteiger partial charge in [-0.25, -0.2) is 0 Å². The standard InChI is InChI=1S/C20H27N3O3/c1-4-11-21-19(25)16-6-5-12-23(13-16)20(26)15-7-9-17(10-8-15)22-18(24)14(2)3/h4,7-10,14,16H,1,5-6,11-13H2,2-3H3,(H,21,25)(H,22,24)/t16-/m1/s1. The lowest BCUT2D eigenvalue weighted by molar-refractivity contribution is -0.126. The first-order valence-electron chi connectivity index (χ1n) is 9.01. The highest BCUT2D eigenvalue weighted by Gasteiger charge is 2.28. The number of carbonyl (C=O) groups excluding carboxylic acids is 3. The Morgan fingerprint density at radius 2 is 1.96 bits per heavy atom. The molecule has 1 aliphatic rings. The molecule has 2 rings (SSSR count). The Morgan fingerprint density at radius 3 is 2.58 bits per heavy atom. The van der Waals surface area contributed by atoms with Crippen molar-refractivity contribution in [3.63, 3.8) is 0 Å². The first-order chi connectivity index (χ1) is 12.4. The molecule has 1 atom stereocenters. The van der Waals surface area contributed by atoms with Crippen molar-refractivity contribution in [2.75, 3.05) is 25.0 Å². The second-order valence-corrected chi connectivity index (χ2v) is 6.85. The van der Waals surface area contributed by atoms with Crippen molar-refractivity contribution >= 4 is 23.4 Å². The average molecular weight is 357 g/mol. The summed E-state index contributed by atoms with van der Waals surface area (Å²) in [5.41, 5.74) is 1.22. The van der Waals surface area contributed by atoms with E-state index in [1.165, 1.54) is 0 Å². The van der Waals surface area contributed by atoms with Crippen LogP contribution in [0.1, 0.15) is 37.0 Å². The molecule has 140 valence electrons. The highest BCUT2D eigenvalue weighted by Crippen LogP contribution is 2.20. The van der Waals surface area contributed by atoms with Crippen molar-refractivity contribution in [3.05, 3.63) is 42.5 Å². The molecule has 1 fully saturated rings. The molecule has 0 aliphatic carbocycles. The second-order valence-electron chi connectivity index (χ2n) is 6.85. The lowest BCUT2D eigenvalue weighted by Gasteiger charge is -2.32. The Hall–Kier alpha value is -2.63. The minimum atomic E-state index is -0.183. The summed E-state index contributed by atoms with van der Waals surface area (Å²) in [7, 11) is 0. The predicted molar refractivity (Wildman–Crippen MR) is 102 cm³/mol. The summed E-state index contributed by atoms with van der Waals surface area (Å²) in [5, 5.41) is 5.60. The fourth-order valence-corrected chi connectivity index (χ4v) is 2.86. The maximum atomic E-state index is 12.7. The fourth-order valence-electron chi connectivity index (χ4n) is 2.86. The van der Waals surface area contributed by atoms with Crippen LogP contribution in [0.2, 0.25) is 0 Å². The minimum absolute atomic E-state index is 0.0332. The third-order valence-corrected chi connectivity index (χ3v) is 4.42. The average Bonchev–Trinajstić information content (AvgIpc) is 2.66. The Labute approximate surface area is 154 Å². The van der Waals surface area contributed by atoms with Gasteiger partial charge in [0.15, 0.2) is 0 Å². The van der Waals surface area contributed by atoms with Gasteiger partial charge in [0.25, 0.3) is 5.91 Å². The van der Waals surface area contributed by atoms with E-state index in [1.807, 2.05) is 13.8 Å². The number of benzene rings is 1. The molecule has 1 aromatic carbocycles. The number of piperidine rings is 1. The largest absolute Gasteiger partial charge is 0.352 e. The SMILES string of the molecule is C=CCNC(=O)[C@@H]1CCCN(C(=O)c2ccc(NC(=O)C(C)C)cc2)C1. The van der Waals surface area contributed by atoms with Crippen LogP contribution in [0.3, 0.4) is 0 Å². The fraction of sp³-hybridized carbons (Fsp3) is 0.450. The van der Waals surface area contributed by atoms with Crippen LogP contribution in [0.5, 0.6) is 0 Å². The van der Waals surface area contributed by atoms with Crippen LogP contribution in [0, 0.1) is 11.8 Å². The lowest BCUT2D eigenvalue weighted by Crippen LogP contribution is -2.45. The number of amides is 3. The van der Waals surface area contributed by atoms with Crippen molar-refractivity contribution in [1.82, 2.24) is 10.2 Å². The Morgan fingerprint density at radius 1 is 1.27 bits per heavy atom. The van der Waals surface area contributed by atoms with E-state index < -0.39 is 0 Å². The molecule has 3 amide bonds. The van der Waals surface area contributed by atoms with Gasteiger partial charge in [-0.15, -0.1) is 6.58 Å². The van der Waals surface area contributed by atoms with Crippen LogP contribution in [-0.2, 0) is 9.59 Å². The number of anilines is 1. The topological polar surface area (TPSA) is 78.5 Å². The van der Waals surface area contributed by atoms with Crippen molar-refractivity contribution < 1.29 is 14.4 Å². The van der Waals surface area contributed by atoms with E-state index in [0.717, 1.165) is 12.8 Å². The van der Waals surface area contributed by atoms with Gasteiger partial charge in [-0.05, 0) is 37.1 Å². The highest BCUT2D eigenvalue weighted by atomic mass is 16.2. The summed E-state index contributed by atoms with van der Waals surface area (Å²) >= 11 is 0. The first kappa shape index (κ1) is 19.7. The van der Waals surface area contributed by atoms with Gasteiger partial charge in [-0.3, -0.25) is 14.4 Å². The van der Waals surface area contributed by atoms with E-state index in [-0.39, 0.29) is 29.6 Å². The predicted octanol–water partition coefficient (Wildman–Crippen LogP) is 2.44. The number of rotatable bonds is 6. The Bertz CT molecular complexity index is 667. The van der Waals surface area contributed by atoms with Gasteiger partial charge in [-0.2, -0.15) is 0 Å². The van der Waals surface area contributed by atoms with E-state index in [4.69, 9.17) is 0 Å². The van der Waals surface area contributed by atoms with Gasteiger partial charge in [0, 0.05) is 36.8 Å². The molecule has 0 radical (unpaired) electrons. The van der Waals surface area contributed by atoms with Gasteiger partial charge < -0.3 is 15.5 Å². The summed E-state index contributed by atoms with van der Waals surface area (Å²) in [5.74, 6) is -0.471. The molecule has 26 heavy (non-hydrogen) atoms. The third-order valence-electron chi connectivity index (χ3n) is 4.42. The third kappa shape index (κ3) is 5.18. The summed E-state index contributed by atoms with van der Waals surface area (Å²) < 4.78 is 0. The number of nitrogens with zero attached hydrogens (tertiary/aromatic N) is 1. The quantitative estimate of drug-likeness (QED) is 0.768. The molecule has 0 unspecified atom stereocenters. The molecule has 6 nitrogen and oxygen atoms in total. The number of likely N-dealkylation sites (tertiary alicyclic amines) is 1. The van der Waals surface area contributed by atoms with Crippen LogP contribution in [-0.4, -0.2) is 42.3 Å². The van der Waals surface area contributed by atoms with E-state index >= 15 is 0 Å². The molecule has 2 N–H and O–H groups in total. The molecule has 6 heteroatoms. The first-order valence-corrected chi connectivity index (χ1v) is 9.01. The zero-order valence-corrected chi connectivity index (χ0v) is 15.5. The highest BCUT2D eigenvalue weighted by molar-refractivity contribution is 5.96. The number of carbonyl (C=O) groups is 3. The Kier molecular flexibility index (Phi) is 6.95. The van der Waals surface area contributed by atoms with Gasteiger partial charge in [0.05, 0.1) is 5.92 Å². The Balaban J connectivity index is 1.98. The molecule has 1 aliphatic heterocycles. The normalized spacial score (nSPS) is 16.9. The number of hydrogen-bond donors (Lipinski definition) is 2. The monoisotopic (exact) mass is 357 g/mol. The van der Waals surface area contributed by atoms with Gasteiger partial charge in [-0.1, -0.05) is 19.9 Å². The van der Waals surface area contributed by atoms with Gasteiger partial charge in [0.1, 0.15) is 0 Å². The zero-order chi connectivity index (χ0) is 19.1. The summed E-state index contributed by atoms with van der Waals surface area (Å²) in [4.78, 5) is 38.3. The molecule has 0 bridgehead atoms. The van der Waals surface area contributed by atoms with Crippen molar-refractivity contribution in [2.24, 2.45) is 11.8 Å². The van der Waals surface area contributed by atoms with Crippen molar-refractivity contribution in [1.29, 1.82) is 0 Å². The molecule has 0 spiro atoms. The van der Waals surface area contributed by atoms with Crippen LogP contribution >= 0.6 is 0 Å². The van der Waals surface area contributed by atoms with E-state index in [1.54, 1.807) is 35.2 Å². The molecular weight excluding hydrogens is 330 g/mol. The van der Waals surface area contributed by atoms with Gasteiger partial charge >= 0.3 is 0 Å². The van der Waals surface area contributed by atoms with Crippen molar-refractivity contribution in [3.8, 4) is 0 Å². The molecule has 1 aromatic rings. The van der Waals surface area contributed by atoms with Crippen LogP contribution < -0.4 is 10.6 Å². The summed E-state index contributed by atoms with van der Waals surface area (Å²) in [6.45, 7) is 8.75. The molecule has 0 saturated carbocycles. The number of nitrogens with one attached hydrogen (secondary N) is 2. The van der Waals surface area contributed by atoms with Crippen molar-refractivity contribution in [2.45, 2.75) is 26.7 Å². The van der Waals surface area contributed by atoms with E-state index in [2.05, 4.69) is 17.2 Å².